The van der Waals surface area contributed by atoms with E-state index >= 15 is 0 Å². The second-order valence-corrected chi connectivity index (χ2v) is 4.00. The highest BCUT2D eigenvalue weighted by Crippen LogP contribution is 2.25. The summed E-state index contributed by atoms with van der Waals surface area (Å²) in [6.07, 6.45) is 1.62. The summed E-state index contributed by atoms with van der Waals surface area (Å²) in [4.78, 5) is 25.6. The van der Waals surface area contributed by atoms with E-state index in [-0.39, 0.29) is 18.7 Å². The van der Waals surface area contributed by atoms with Gasteiger partial charge in [0.1, 0.15) is 0 Å². The summed E-state index contributed by atoms with van der Waals surface area (Å²) in [5, 5.41) is 0. The van der Waals surface area contributed by atoms with Gasteiger partial charge in [-0.25, -0.2) is 0 Å². The van der Waals surface area contributed by atoms with Crippen molar-refractivity contribution in [3.63, 3.8) is 0 Å². The molecule has 1 aromatic carbocycles. The van der Waals surface area contributed by atoms with Gasteiger partial charge in [0.2, 0.25) is 11.8 Å². The molecule has 0 fully saturated rings. The highest BCUT2D eigenvalue weighted by Gasteiger charge is 2.39. The van der Waals surface area contributed by atoms with Crippen LogP contribution in [0.15, 0.2) is 24.3 Å². The lowest BCUT2D eigenvalue weighted by Gasteiger charge is -2.20. The van der Waals surface area contributed by atoms with E-state index in [0.717, 1.165) is 12.6 Å². The quantitative estimate of drug-likeness (QED) is 0.573. The third-order valence-electron chi connectivity index (χ3n) is 3.13. The van der Waals surface area contributed by atoms with Crippen molar-refractivity contribution in [2.75, 3.05) is 0 Å². The van der Waals surface area contributed by atoms with Crippen LogP contribution in [0, 0.1) is 0 Å². The molecule has 3 nitrogen and oxygen atoms in total. The zero-order valence-corrected chi connectivity index (χ0v) is 9.56. The summed E-state index contributed by atoms with van der Waals surface area (Å²) < 4.78 is 0. The van der Waals surface area contributed by atoms with Crippen LogP contribution in [0.2, 0.25) is 12.6 Å². The average Bonchev–Trinajstić information content (AvgIpc) is 2.57. The standard InChI is InChI=1S/C12H14BNO2/c1-3-13(4-2)14-11(15)9-7-5-6-8-10(9)12(14)16/h5-8H,3-4H2,1-2H3. The molecule has 0 unspecified atom stereocenters. The highest BCUT2D eigenvalue weighted by atomic mass is 16.2. The molecule has 2 rings (SSSR count). The maximum absolute atomic E-state index is 12.1. The average molecular weight is 215 g/mol. The molecule has 0 atom stereocenters. The predicted molar refractivity (Wildman–Crippen MR) is 63.7 cm³/mol. The number of amides is 2. The van der Waals surface area contributed by atoms with Gasteiger partial charge in [0.05, 0.1) is 11.1 Å². The highest BCUT2D eigenvalue weighted by molar-refractivity contribution is 6.64. The molecular weight excluding hydrogens is 201 g/mol. The van der Waals surface area contributed by atoms with Crippen LogP contribution in [0.3, 0.4) is 0 Å². The molecule has 0 saturated carbocycles. The first-order valence-corrected chi connectivity index (χ1v) is 5.67. The van der Waals surface area contributed by atoms with Crippen LogP contribution in [-0.2, 0) is 0 Å². The molecule has 1 aromatic rings. The van der Waals surface area contributed by atoms with E-state index < -0.39 is 0 Å². The fourth-order valence-corrected chi connectivity index (χ4v) is 2.19. The Morgan fingerprint density at radius 1 is 1.00 bits per heavy atom. The Kier molecular flexibility index (Phi) is 2.81. The van der Waals surface area contributed by atoms with Gasteiger partial charge in [-0.1, -0.05) is 38.6 Å². The minimum atomic E-state index is -0.144. The number of carbonyl (C=O) groups is 2. The van der Waals surface area contributed by atoms with Crippen LogP contribution >= 0.6 is 0 Å². The van der Waals surface area contributed by atoms with Crippen molar-refractivity contribution >= 4 is 18.7 Å². The molecule has 0 bridgehead atoms. The smallest absolute Gasteiger partial charge is 0.268 e. The fraction of sp³-hybridized carbons (Fsp3) is 0.333. The monoisotopic (exact) mass is 215 g/mol. The Labute approximate surface area is 95.5 Å². The first kappa shape index (κ1) is 10.9. The number of benzene rings is 1. The van der Waals surface area contributed by atoms with Crippen molar-refractivity contribution < 1.29 is 9.59 Å². The second kappa shape index (κ2) is 4.12. The van der Waals surface area contributed by atoms with Crippen molar-refractivity contribution in [3.05, 3.63) is 35.4 Å². The summed E-state index contributed by atoms with van der Waals surface area (Å²) >= 11 is 0. The first-order valence-electron chi connectivity index (χ1n) is 5.67. The largest absolute Gasteiger partial charge is 0.321 e. The van der Waals surface area contributed by atoms with Crippen LogP contribution in [0.25, 0.3) is 0 Å². The third kappa shape index (κ3) is 1.45. The van der Waals surface area contributed by atoms with E-state index in [1.54, 1.807) is 24.3 Å². The topological polar surface area (TPSA) is 37.4 Å². The molecule has 0 saturated heterocycles. The molecule has 2 amide bonds. The maximum atomic E-state index is 12.1. The molecule has 0 aromatic heterocycles. The SMILES string of the molecule is CCB(CC)N1C(=O)c2ccccc2C1=O. The molecular formula is C12H14BNO2. The van der Waals surface area contributed by atoms with E-state index in [4.69, 9.17) is 0 Å². The predicted octanol–water partition coefficient (Wildman–Crippen LogP) is 2.31. The molecule has 82 valence electrons. The first-order chi connectivity index (χ1) is 7.70. The van der Waals surface area contributed by atoms with Crippen molar-refractivity contribution in [2.24, 2.45) is 0 Å². The summed E-state index contributed by atoms with van der Waals surface area (Å²) in [5.74, 6) is -0.288. The van der Waals surface area contributed by atoms with Gasteiger partial charge in [-0.2, -0.15) is 0 Å². The van der Waals surface area contributed by atoms with E-state index in [1.165, 1.54) is 4.81 Å². The number of rotatable bonds is 3. The van der Waals surface area contributed by atoms with E-state index in [9.17, 15) is 9.59 Å². The summed E-state index contributed by atoms with van der Waals surface area (Å²) in [6.45, 7) is 4.02. The van der Waals surface area contributed by atoms with Crippen molar-refractivity contribution in [1.29, 1.82) is 0 Å². The molecule has 4 heteroatoms. The van der Waals surface area contributed by atoms with E-state index in [2.05, 4.69) is 0 Å². The van der Waals surface area contributed by atoms with Gasteiger partial charge in [0, 0.05) is 0 Å². The Bertz CT molecular complexity index is 405. The number of nitrogens with zero attached hydrogens (tertiary/aromatic N) is 1. The zero-order chi connectivity index (χ0) is 11.7. The number of fused-ring (bicyclic) bond motifs is 1. The van der Waals surface area contributed by atoms with Crippen LogP contribution in [0.4, 0.5) is 0 Å². The van der Waals surface area contributed by atoms with Crippen molar-refractivity contribution in [2.45, 2.75) is 26.5 Å². The van der Waals surface area contributed by atoms with Crippen LogP contribution < -0.4 is 0 Å². The van der Waals surface area contributed by atoms with Crippen molar-refractivity contribution in [1.82, 2.24) is 4.81 Å². The number of imide groups is 1. The third-order valence-corrected chi connectivity index (χ3v) is 3.13. The van der Waals surface area contributed by atoms with Gasteiger partial charge in [-0.3, -0.25) is 9.59 Å². The Balaban J connectivity index is 2.42. The lowest BCUT2D eigenvalue weighted by Crippen LogP contribution is -2.42. The summed E-state index contributed by atoms with van der Waals surface area (Å²) in [6, 6.07) is 7.02. The molecule has 1 aliphatic rings. The second-order valence-electron chi connectivity index (χ2n) is 4.00. The minimum absolute atomic E-state index is 0.0207. The van der Waals surface area contributed by atoms with Crippen LogP contribution in [-0.4, -0.2) is 23.5 Å². The Morgan fingerprint density at radius 3 is 1.81 bits per heavy atom. The molecule has 0 spiro atoms. The molecule has 0 aliphatic carbocycles. The van der Waals surface area contributed by atoms with Crippen molar-refractivity contribution in [3.8, 4) is 0 Å². The summed E-state index contributed by atoms with van der Waals surface area (Å²) in [5.41, 5.74) is 1.08. The Morgan fingerprint density at radius 2 is 1.44 bits per heavy atom. The molecule has 1 heterocycles. The van der Waals surface area contributed by atoms with Gasteiger partial charge >= 0.3 is 0 Å². The van der Waals surface area contributed by atoms with Gasteiger partial charge < -0.3 is 4.81 Å². The van der Waals surface area contributed by atoms with Gasteiger partial charge in [-0.15, -0.1) is 0 Å². The lowest BCUT2D eigenvalue weighted by molar-refractivity contribution is 0.0756. The van der Waals surface area contributed by atoms with Gasteiger partial charge in [0.15, 0.2) is 0 Å². The van der Waals surface area contributed by atoms with E-state index in [0.29, 0.717) is 11.1 Å². The van der Waals surface area contributed by atoms with Crippen LogP contribution in [0.5, 0.6) is 0 Å². The zero-order valence-electron chi connectivity index (χ0n) is 9.56. The normalized spacial score (nSPS) is 14.2. The number of hydrogen-bond acceptors (Lipinski definition) is 2. The molecule has 16 heavy (non-hydrogen) atoms. The molecule has 0 radical (unpaired) electrons. The summed E-state index contributed by atoms with van der Waals surface area (Å²) in [7, 11) is 0. The van der Waals surface area contributed by atoms with Gasteiger partial charge in [-0.05, 0) is 12.1 Å². The minimum Gasteiger partial charge on any atom is -0.321 e. The number of hydrogen-bond donors (Lipinski definition) is 0. The lowest BCUT2D eigenvalue weighted by atomic mass is 9.55. The number of carbonyl (C=O) groups excluding carboxylic acids is 2. The van der Waals surface area contributed by atoms with E-state index in [1.807, 2.05) is 13.8 Å². The van der Waals surface area contributed by atoms with Gasteiger partial charge in [0.25, 0.3) is 6.85 Å². The molecule has 1 aliphatic heterocycles. The van der Waals surface area contributed by atoms with Crippen LogP contribution in [0.1, 0.15) is 34.6 Å². The fourth-order valence-electron chi connectivity index (χ4n) is 2.19. The molecule has 0 N–H and O–H groups in total. The maximum Gasteiger partial charge on any atom is 0.268 e. The Hall–Kier alpha value is -1.58.